The molecule has 1 unspecified atom stereocenters. The molecule has 3 atom stereocenters. The first kappa shape index (κ1) is 18.1. The number of hydrogen-bond acceptors (Lipinski definition) is 3. The topological polar surface area (TPSA) is 78.4 Å². The Morgan fingerprint density at radius 3 is 2.32 bits per heavy atom. The van der Waals surface area contributed by atoms with Gasteiger partial charge < -0.3 is 15.7 Å². The summed E-state index contributed by atoms with van der Waals surface area (Å²) in [6.45, 7) is 7.75. The Balaban J connectivity index is 4.15. The maximum Gasteiger partial charge on any atom is 0.326 e. The number of aliphatic carboxylic acids is 1. The standard InChI is InChI=1S/C13H26N2O3S/c1-5-9(3)11(12(16)17)15-13(18)14-10(4)7-8-19-6-2/h9-11H,5-8H2,1-4H3,(H,16,17)(H2,14,15,18)/t9-,10?,11-/m0/s1. The van der Waals surface area contributed by atoms with E-state index in [0.29, 0.717) is 6.42 Å². The number of amides is 2. The van der Waals surface area contributed by atoms with Gasteiger partial charge in [0.1, 0.15) is 6.04 Å². The van der Waals surface area contributed by atoms with Gasteiger partial charge in [-0.1, -0.05) is 27.2 Å². The zero-order chi connectivity index (χ0) is 14.8. The van der Waals surface area contributed by atoms with Crippen molar-refractivity contribution in [1.82, 2.24) is 10.6 Å². The Hall–Kier alpha value is -0.910. The lowest BCUT2D eigenvalue weighted by atomic mass is 9.99. The van der Waals surface area contributed by atoms with Gasteiger partial charge >= 0.3 is 12.0 Å². The van der Waals surface area contributed by atoms with Crippen LogP contribution in [0.5, 0.6) is 0 Å². The van der Waals surface area contributed by atoms with Crippen molar-refractivity contribution in [1.29, 1.82) is 0 Å². The average Bonchev–Trinajstić information content (AvgIpc) is 2.35. The highest BCUT2D eigenvalue weighted by atomic mass is 32.2. The van der Waals surface area contributed by atoms with Crippen molar-refractivity contribution in [2.45, 2.75) is 52.6 Å². The van der Waals surface area contributed by atoms with Crippen LogP contribution >= 0.6 is 11.8 Å². The van der Waals surface area contributed by atoms with Crippen LogP contribution in [0.1, 0.15) is 40.5 Å². The Morgan fingerprint density at radius 1 is 1.21 bits per heavy atom. The van der Waals surface area contributed by atoms with Crippen LogP contribution < -0.4 is 10.6 Å². The second kappa shape index (κ2) is 9.95. The van der Waals surface area contributed by atoms with E-state index in [9.17, 15) is 9.59 Å². The minimum Gasteiger partial charge on any atom is -0.480 e. The maximum atomic E-state index is 11.7. The van der Waals surface area contributed by atoms with E-state index in [1.807, 2.05) is 32.5 Å². The molecule has 0 aromatic carbocycles. The van der Waals surface area contributed by atoms with E-state index in [-0.39, 0.29) is 12.0 Å². The fourth-order valence-corrected chi connectivity index (χ4v) is 2.38. The molecule has 6 heteroatoms. The van der Waals surface area contributed by atoms with Crippen molar-refractivity contribution in [2.24, 2.45) is 5.92 Å². The predicted molar refractivity (Wildman–Crippen MR) is 79.6 cm³/mol. The highest BCUT2D eigenvalue weighted by Crippen LogP contribution is 2.08. The van der Waals surface area contributed by atoms with Gasteiger partial charge in [0, 0.05) is 6.04 Å². The smallest absolute Gasteiger partial charge is 0.326 e. The third kappa shape index (κ3) is 7.97. The molecule has 0 heterocycles. The van der Waals surface area contributed by atoms with E-state index in [0.717, 1.165) is 17.9 Å². The molecular formula is C13H26N2O3S. The first-order valence-electron chi connectivity index (χ1n) is 6.79. The number of nitrogens with one attached hydrogen (secondary N) is 2. The van der Waals surface area contributed by atoms with Crippen molar-refractivity contribution < 1.29 is 14.7 Å². The molecule has 0 aliphatic rings. The second-order valence-electron chi connectivity index (χ2n) is 4.71. The highest BCUT2D eigenvalue weighted by Gasteiger charge is 2.25. The molecule has 0 radical (unpaired) electrons. The van der Waals surface area contributed by atoms with Crippen molar-refractivity contribution in [3.05, 3.63) is 0 Å². The van der Waals surface area contributed by atoms with E-state index >= 15 is 0 Å². The van der Waals surface area contributed by atoms with E-state index in [1.165, 1.54) is 0 Å². The van der Waals surface area contributed by atoms with Gasteiger partial charge in [0.05, 0.1) is 0 Å². The summed E-state index contributed by atoms with van der Waals surface area (Å²) in [7, 11) is 0. The summed E-state index contributed by atoms with van der Waals surface area (Å²) in [5.74, 6) is 0.979. The van der Waals surface area contributed by atoms with E-state index in [1.54, 1.807) is 0 Å². The molecular weight excluding hydrogens is 264 g/mol. The summed E-state index contributed by atoms with van der Waals surface area (Å²) in [6.07, 6.45) is 1.59. The van der Waals surface area contributed by atoms with Crippen LogP contribution in [0, 0.1) is 5.92 Å². The minimum atomic E-state index is -0.987. The molecule has 0 aromatic heterocycles. The number of carboxylic acids is 1. The summed E-state index contributed by atoms with van der Waals surface area (Å²) in [5, 5.41) is 14.4. The van der Waals surface area contributed by atoms with Gasteiger partial charge in [-0.2, -0.15) is 11.8 Å². The molecule has 0 saturated heterocycles. The van der Waals surface area contributed by atoms with Gasteiger partial charge in [0.2, 0.25) is 0 Å². The fourth-order valence-electron chi connectivity index (χ4n) is 1.57. The molecule has 0 bridgehead atoms. The first-order chi connectivity index (χ1) is 8.92. The summed E-state index contributed by atoms with van der Waals surface area (Å²) in [6, 6.07) is -1.19. The van der Waals surface area contributed by atoms with Gasteiger partial charge in [-0.3, -0.25) is 0 Å². The van der Waals surface area contributed by atoms with Crippen LogP contribution in [0.25, 0.3) is 0 Å². The van der Waals surface area contributed by atoms with Crippen molar-refractivity contribution in [2.75, 3.05) is 11.5 Å². The fraction of sp³-hybridized carbons (Fsp3) is 0.846. The van der Waals surface area contributed by atoms with E-state index < -0.39 is 18.0 Å². The quantitative estimate of drug-likeness (QED) is 0.569. The molecule has 0 spiro atoms. The summed E-state index contributed by atoms with van der Waals surface area (Å²) < 4.78 is 0. The zero-order valence-electron chi connectivity index (χ0n) is 12.2. The Bertz CT molecular complexity index is 287. The molecule has 2 amide bonds. The third-order valence-electron chi connectivity index (χ3n) is 3.04. The molecule has 0 aliphatic carbocycles. The predicted octanol–water partition coefficient (Wildman–Crippen LogP) is 2.32. The van der Waals surface area contributed by atoms with E-state index in [4.69, 9.17) is 5.11 Å². The Morgan fingerprint density at radius 2 is 1.84 bits per heavy atom. The van der Waals surface area contributed by atoms with Crippen LogP contribution in [0.3, 0.4) is 0 Å². The largest absolute Gasteiger partial charge is 0.480 e. The average molecular weight is 290 g/mol. The molecule has 0 saturated carbocycles. The number of carboxylic acid groups (broad SMARTS) is 1. The maximum absolute atomic E-state index is 11.7. The van der Waals surface area contributed by atoms with Crippen LogP contribution in [-0.2, 0) is 4.79 Å². The van der Waals surface area contributed by atoms with Gasteiger partial charge in [0.25, 0.3) is 0 Å². The number of urea groups is 1. The Kier molecular flexibility index (Phi) is 9.47. The Labute approximate surface area is 119 Å². The van der Waals surface area contributed by atoms with Gasteiger partial charge in [-0.05, 0) is 30.8 Å². The number of carbonyl (C=O) groups excluding carboxylic acids is 1. The molecule has 0 aliphatic heterocycles. The number of carbonyl (C=O) groups is 2. The lowest BCUT2D eigenvalue weighted by Crippen LogP contribution is -2.51. The number of hydrogen-bond donors (Lipinski definition) is 3. The number of thioether (sulfide) groups is 1. The van der Waals surface area contributed by atoms with Crippen molar-refractivity contribution >= 4 is 23.8 Å². The van der Waals surface area contributed by atoms with Gasteiger partial charge in [-0.25, -0.2) is 9.59 Å². The zero-order valence-corrected chi connectivity index (χ0v) is 13.0. The molecule has 0 rings (SSSR count). The lowest BCUT2D eigenvalue weighted by molar-refractivity contribution is -0.140. The summed E-state index contributed by atoms with van der Waals surface area (Å²) >= 11 is 1.83. The van der Waals surface area contributed by atoms with Crippen LogP contribution in [0.15, 0.2) is 0 Å². The van der Waals surface area contributed by atoms with E-state index in [2.05, 4.69) is 17.6 Å². The monoisotopic (exact) mass is 290 g/mol. The van der Waals surface area contributed by atoms with Crippen molar-refractivity contribution in [3.8, 4) is 0 Å². The van der Waals surface area contributed by atoms with Crippen molar-refractivity contribution in [3.63, 3.8) is 0 Å². The second-order valence-corrected chi connectivity index (χ2v) is 6.10. The minimum absolute atomic E-state index is 0.0467. The molecule has 19 heavy (non-hydrogen) atoms. The molecule has 5 nitrogen and oxygen atoms in total. The van der Waals surface area contributed by atoms with Crippen LogP contribution in [0.4, 0.5) is 4.79 Å². The molecule has 0 aromatic rings. The summed E-state index contributed by atoms with van der Waals surface area (Å²) in [4.78, 5) is 22.8. The number of rotatable bonds is 9. The highest BCUT2D eigenvalue weighted by molar-refractivity contribution is 7.99. The lowest BCUT2D eigenvalue weighted by Gasteiger charge is -2.22. The third-order valence-corrected chi connectivity index (χ3v) is 3.98. The van der Waals surface area contributed by atoms with Gasteiger partial charge in [0.15, 0.2) is 0 Å². The van der Waals surface area contributed by atoms with Crippen LogP contribution in [0.2, 0.25) is 0 Å². The SMILES string of the molecule is CCSCCC(C)NC(=O)N[C@H](C(=O)O)[C@@H](C)CC. The molecule has 112 valence electrons. The molecule has 0 fully saturated rings. The van der Waals surface area contributed by atoms with Gasteiger partial charge in [-0.15, -0.1) is 0 Å². The van der Waals surface area contributed by atoms with Crippen LogP contribution in [-0.4, -0.2) is 40.7 Å². The summed E-state index contributed by atoms with van der Waals surface area (Å²) in [5.41, 5.74) is 0. The normalized spacial score (nSPS) is 15.4. The molecule has 3 N–H and O–H groups in total. The first-order valence-corrected chi connectivity index (χ1v) is 7.95.